The lowest BCUT2D eigenvalue weighted by Gasteiger charge is -2.32. The predicted molar refractivity (Wildman–Crippen MR) is 208 cm³/mol. The van der Waals surface area contributed by atoms with E-state index in [0.717, 1.165) is 0 Å². The third kappa shape index (κ3) is 6.03. The molecule has 0 amide bonds. The fourth-order valence-corrected chi connectivity index (χ4v) is 7.91. The number of allylic oxidation sites excluding steroid dienone is 2. The van der Waals surface area contributed by atoms with E-state index in [1.165, 1.54) is 6.26 Å². The molecule has 0 fully saturated rings. The Morgan fingerprint density at radius 1 is 0.696 bits per heavy atom. The van der Waals surface area contributed by atoms with Gasteiger partial charge in [-0.2, -0.15) is 0 Å². The molecule has 13 nitrogen and oxygen atoms in total. The Labute approximate surface area is 321 Å². The highest BCUT2D eigenvalue weighted by Crippen LogP contribution is 2.54. The minimum atomic E-state index is -1.43. The topological polar surface area (TPSA) is 239 Å². The fraction of sp³-hybridized carbons (Fsp3) is 0.302. The van der Waals surface area contributed by atoms with Crippen LogP contribution in [-0.4, -0.2) is 71.3 Å². The number of carboxylic acid groups (broad SMARTS) is 1. The molecular weight excluding hydrogens is 724 g/mol. The van der Waals surface area contributed by atoms with E-state index in [4.69, 9.17) is 9.84 Å². The molecule has 0 spiro atoms. The SMILES string of the molecule is CC1=C2C(=CO[C@H](C)[C@H]2C)C(=O)C(C(=O)O)=C1O.Cc1cc2c(C(C)C)c(O)c(O)c(C=O)c2c(O)c1-c1c(C)cc2c(C(C)C)c(O)c(O)c(C=O)c2c1O. The summed E-state index contributed by atoms with van der Waals surface area (Å²) < 4.78 is 5.33. The van der Waals surface area contributed by atoms with Crippen molar-refractivity contribution >= 4 is 45.9 Å². The molecule has 2 atom stereocenters. The van der Waals surface area contributed by atoms with Crippen molar-refractivity contribution in [2.24, 2.45) is 5.92 Å². The van der Waals surface area contributed by atoms with E-state index in [-0.39, 0.29) is 62.5 Å². The Hall–Kier alpha value is -6.50. The van der Waals surface area contributed by atoms with Gasteiger partial charge in [-0.05, 0) is 72.6 Å². The number of hydrogen-bond acceptors (Lipinski definition) is 12. The zero-order valence-electron chi connectivity index (χ0n) is 32.3. The van der Waals surface area contributed by atoms with Crippen LogP contribution < -0.4 is 0 Å². The maximum atomic E-state index is 12.0. The van der Waals surface area contributed by atoms with E-state index in [0.29, 0.717) is 56.7 Å². The molecule has 56 heavy (non-hydrogen) atoms. The zero-order valence-corrected chi connectivity index (χ0v) is 32.3. The van der Waals surface area contributed by atoms with Crippen molar-refractivity contribution in [3.8, 4) is 45.6 Å². The number of carbonyl (C=O) groups excluding carboxylic acids is 3. The predicted octanol–water partition coefficient (Wildman–Crippen LogP) is 8.10. The number of rotatable bonds is 6. The summed E-state index contributed by atoms with van der Waals surface area (Å²) in [5.74, 6) is -6.22. The summed E-state index contributed by atoms with van der Waals surface area (Å²) in [6.07, 6.45) is 1.85. The van der Waals surface area contributed by atoms with E-state index in [2.05, 4.69) is 0 Å². The van der Waals surface area contributed by atoms with Crippen LogP contribution in [0.3, 0.4) is 0 Å². The molecule has 0 radical (unpaired) electrons. The van der Waals surface area contributed by atoms with Crippen molar-refractivity contribution in [3.63, 3.8) is 0 Å². The molecule has 4 aromatic carbocycles. The summed E-state index contributed by atoms with van der Waals surface area (Å²) in [5.41, 5.74) is 2.07. The first-order valence-electron chi connectivity index (χ1n) is 17.8. The molecule has 2 aliphatic rings. The number of Topliss-reactive ketones (excluding diaryl/α,β-unsaturated/α-hetero) is 1. The number of fused-ring (bicyclic) bond motifs is 3. The number of phenols is 6. The monoisotopic (exact) mass is 768 g/mol. The zero-order chi connectivity index (χ0) is 42.0. The van der Waals surface area contributed by atoms with E-state index < -0.39 is 57.6 Å². The third-order valence-electron chi connectivity index (χ3n) is 10.8. The first-order chi connectivity index (χ1) is 26.1. The van der Waals surface area contributed by atoms with Gasteiger partial charge >= 0.3 is 5.97 Å². The average Bonchev–Trinajstić information content (AvgIpc) is 3.11. The lowest BCUT2D eigenvalue weighted by Crippen LogP contribution is -2.32. The molecule has 1 aliphatic carbocycles. The van der Waals surface area contributed by atoms with Crippen molar-refractivity contribution in [2.45, 2.75) is 80.3 Å². The minimum Gasteiger partial charge on any atom is -0.507 e. The number of aromatic hydroxyl groups is 6. The van der Waals surface area contributed by atoms with E-state index in [1.54, 1.807) is 60.6 Å². The highest BCUT2D eigenvalue weighted by molar-refractivity contribution is 6.27. The Bertz CT molecular complexity index is 2390. The van der Waals surface area contributed by atoms with Gasteiger partial charge in [0.1, 0.15) is 28.9 Å². The normalized spacial score (nSPS) is 16.8. The number of aldehydes is 2. The van der Waals surface area contributed by atoms with Gasteiger partial charge in [-0.15, -0.1) is 0 Å². The number of carbonyl (C=O) groups is 4. The Balaban J connectivity index is 0.000000278. The van der Waals surface area contributed by atoms with Crippen LogP contribution >= 0.6 is 0 Å². The molecule has 294 valence electrons. The van der Waals surface area contributed by atoms with Crippen molar-refractivity contribution in [1.29, 1.82) is 0 Å². The van der Waals surface area contributed by atoms with Gasteiger partial charge in [-0.1, -0.05) is 46.8 Å². The average molecular weight is 769 g/mol. The first-order valence-corrected chi connectivity index (χ1v) is 17.8. The van der Waals surface area contributed by atoms with Gasteiger partial charge in [0.2, 0.25) is 5.78 Å². The van der Waals surface area contributed by atoms with Crippen LogP contribution in [0, 0.1) is 19.8 Å². The molecule has 0 aromatic heterocycles. The summed E-state index contributed by atoms with van der Waals surface area (Å²) in [5, 5.41) is 85.2. The van der Waals surface area contributed by atoms with Crippen LogP contribution in [-0.2, 0) is 14.3 Å². The summed E-state index contributed by atoms with van der Waals surface area (Å²) in [4.78, 5) is 47.0. The number of aliphatic hydroxyl groups is 1. The largest absolute Gasteiger partial charge is 0.507 e. The fourth-order valence-electron chi connectivity index (χ4n) is 7.91. The standard InChI is InChI=1S/C30H30O8.C13H14O5/c1-11(2)19-15-7-13(5)21(27(35)23(15)17(9-31)25(33)29(19)37)22-14(6)8-16-20(12(3)4)30(38)26(34)18(10-32)24(16)28(22)36;1-5-7(3)18-4-8-9(5)6(2)11(14)10(12(8)15)13(16)17/h7-12,33-38H,1-6H3;4-5,7,14H,1-3H3,(H,16,17)/t;5-,7-/m.1/s1. The van der Waals surface area contributed by atoms with Crippen LogP contribution in [0.15, 0.2) is 46.4 Å². The van der Waals surface area contributed by atoms with Crippen molar-refractivity contribution in [1.82, 2.24) is 0 Å². The number of aliphatic carboxylic acids is 1. The molecule has 4 aromatic rings. The number of carboxylic acids is 1. The second-order valence-electron chi connectivity index (χ2n) is 14.8. The molecule has 1 heterocycles. The highest BCUT2D eigenvalue weighted by atomic mass is 16.5. The number of aliphatic hydroxyl groups excluding tert-OH is 1. The Morgan fingerprint density at radius 3 is 1.46 bits per heavy atom. The van der Waals surface area contributed by atoms with Crippen LogP contribution in [0.2, 0.25) is 0 Å². The molecule has 0 unspecified atom stereocenters. The van der Waals surface area contributed by atoms with Gasteiger partial charge in [0.05, 0.1) is 23.0 Å². The van der Waals surface area contributed by atoms with E-state index in [9.17, 15) is 54.9 Å². The third-order valence-corrected chi connectivity index (χ3v) is 10.8. The van der Waals surface area contributed by atoms with E-state index >= 15 is 0 Å². The quantitative estimate of drug-likeness (QED) is 0.0526. The molecule has 13 heteroatoms. The maximum absolute atomic E-state index is 12.0. The smallest absolute Gasteiger partial charge is 0.343 e. The second kappa shape index (κ2) is 14.6. The van der Waals surface area contributed by atoms with E-state index in [1.807, 2.05) is 13.8 Å². The van der Waals surface area contributed by atoms with Crippen LogP contribution in [0.25, 0.3) is 32.7 Å². The number of aryl methyl sites for hydroxylation is 2. The van der Waals surface area contributed by atoms with Crippen molar-refractivity contribution < 1.29 is 64.8 Å². The van der Waals surface area contributed by atoms with Crippen LogP contribution in [0.1, 0.15) is 103 Å². The maximum Gasteiger partial charge on any atom is 0.343 e. The molecule has 0 saturated heterocycles. The highest BCUT2D eigenvalue weighted by Gasteiger charge is 2.40. The summed E-state index contributed by atoms with van der Waals surface area (Å²) in [6.45, 7) is 15.9. The van der Waals surface area contributed by atoms with Gasteiger partial charge in [-0.25, -0.2) is 4.79 Å². The summed E-state index contributed by atoms with van der Waals surface area (Å²) in [7, 11) is 0. The Morgan fingerprint density at radius 2 is 1.11 bits per heavy atom. The van der Waals surface area contributed by atoms with Crippen molar-refractivity contribution in [3.05, 3.63) is 79.8 Å². The number of phenolic OH excluding ortho intramolecular Hbond substituents is 6. The number of ether oxygens (including phenoxy) is 1. The second-order valence-corrected chi connectivity index (χ2v) is 14.8. The van der Waals surface area contributed by atoms with Crippen molar-refractivity contribution in [2.75, 3.05) is 0 Å². The molecule has 0 bridgehead atoms. The van der Waals surface area contributed by atoms with Crippen LogP contribution in [0.4, 0.5) is 0 Å². The molecule has 1 aliphatic heterocycles. The summed E-state index contributed by atoms with van der Waals surface area (Å²) in [6, 6.07) is 3.31. The Kier molecular flexibility index (Phi) is 10.6. The van der Waals surface area contributed by atoms with Gasteiger partial charge in [-0.3, -0.25) is 14.4 Å². The van der Waals surface area contributed by atoms with Gasteiger partial charge in [0.15, 0.2) is 35.6 Å². The van der Waals surface area contributed by atoms with Crippen LogP contribution in [0.5, 0.6) is 34.5 Å². The molecular formula is C43H44O13. The first kappa shape index (κ1) is 40.7. The molecule has 0 saturated carbocycles. The summed E-state index contributed by atoms with van der Waals surface area (Å²) >= 11 is 0. The number of hydrogen-bond donors (Lipinski definition) is 8. The number of benzene rings is 4. The lowest BCUT2D eigenvalue weighted by molar-refractivity contribution is -0.134. The molecule has 8 N–H and O–H groups in total. The lowest BCUT2D eigenvalue weighted by atomic mass is 9.78. The van der Waals surface area contributed by atoms with Gasteiger partial charge in [0, 0.05) is 38.9 Å². The van der Waals surface area contributed by atoms with Gasteiger partial charge in [0.25, 0.3) is 0 Å². The molecule has 6 rings (SSSR count). The van der Waals surface area contributed by atoms with Gasteiger partial charge < -0.3 is 45.6 Å². The minimum absolute atomic E-state index is 0.00512. The number of ketones is 1.